The molecule has 0 spiro atoms. The number of carbonyl (C=O) groups excluding carboxylic acids is 2. The normalized spacial score (nSPS) is 26.7. The van der Waals surface area contributed by atoms with Gasteiger partial charge in [0.15, 0.2) is 0 Å². The summed E-state index contributed by atoms with van der Waals surface area (Å²) in [6.07, 6.45) is 0.868. The van der Waals surface area contributed by atoms with E-state index in [4.69, 9.17) is 16.3 Å². The molecule has 2 aliphatic heterocycles. The molecule has 0 bridgehead atoms. The summed E-state index contributed by atoms with van der Waals surface area (Å²) in [5.41, 5.74) is 6.68. The third kappa shape index (κ3) is 3.48. The summed E-state index contributed by atoms with van der Waals surface area (Å²) < 4.78 is 5.30. The van der Waals surface area contributed by atoms with Gasteiger partial charge in [-0.25, -0.2) is 5.43 Å². The summed E-state index contributed by atoms with van der Waals surface area (Å²) in [5, 5.41) is 3.45. The number of halogens is 1. The van der Waals surface area contributed by atoms with Crippen LogP contribution in [0.4, 0.5) is 5.69 Å². The summed E-state index contributed by atoms with van der Waals surface area (Å²) in [7, 11) is 1.54. The van der Waals surface area contributed by atoms with Crippen LogP contribution < -0.4 is 25.8 Å². The summed E-state index contributed by atoms with van der Waals surface area (Å²) >= 11 is 6.04. The first-order valence-electron chi connectivity index (χ1n) is 7.93. The molecule has 2 amide bonds. The third-order valence-electron chi connectivity index (χ3n) is 4.34. The molecule has 0 radical (unpaired) electrons. The van der Waals surface area contributed by atoms with E-state index in [1.807, 2.05) is 6.92 Å². The molecule has 3 atom stereocenters. The molecule has 7 nitrogen and oxygen atoms in total. The van der Waals surface area contributed by atoms with Crippen molar-refractivity contribution in [3.05, 3.63) is 23.2 Å². The minimum atomic E-state index is -0.390. The lowest BCUT2D eigenvalue weighted by molar-refractivity contribution is -0.127. The molecule has 8 heteroatoms. The van der Waals surface area contributed by atoms with Crippen LogP contribution in [0.25, 0.3) is 0 Å². The predicted octanol–water partition coefficient (Wildman–Crippen LogP) is 1.03. The first-order chi connectivity index (χ1) is 11.5. The van der Waals surface area contributed by atoms with Crippen molar-refractivity contribution in [2.45, 2.75) is 32.0 Å². The van der Waals surface area contributed by atoms with Gasteiger partial charge in [-0.15, -0.1) is 0 Å². The first kappa shape index (κ1) is 17.0. The van der Waals surface area contributed by atoms with E-state index in [1.165, 1.54) is 7.11 Å². The molecule has 1 aromatic carbocycles. The minimum absolute atomic E-state index is 0.110. The van der Waals surface area contributed by atoms with E-state index < -0.39 is 0 Å². The summed E-state index contributed by atoms with van der Waals surface area (Å²) in [6, 6.07) is 5.40. The van der Waals surface area contributed by atoms with Gasteiger partial charge in [0.05, 0.1) is 24.9 Å². The fraction of sp³-hybridized carbons (Fsp3) is 0.500. The van der Waals surface area contributed by atoms with Gasteiger partial charge >= 0.3 is 0 Å². The van der Waals surface area contributed by atoms with Crippen molar-refractivity contribution in [2.24, 2.45) is 5.92 Å². The Bertz CT molecular complexity index is 654. The van der Waals surface area contributed by atoms with Gasteiger partial charge in [0, 0.05) is 24.0 Å². The van der Waals surface area contributed by atoms with E-state index in [0.29, 0.717) is 29.0 Å². The number of carbonyl (C=O) groups is 2. The van der Waals surface area contributed by atoms with Gasteiger partial charge in [-0.1, -0.05) is 11.6 Å². The van der Waals surface area contributed by atoms with Crippen molar-refractivity contribution in [2.75, 3.05) is 18.6 Å². The lowest BCUT2D eigenvalue weighted by Crippen LogP contribution is -2.46. The first-order valence-corrected chi connectivity index (χ1v) is 8.31. The highest BCUT2D eigenvalue weighted by Gasteiger charge is 2.37. The van der Waals surface area contributed by atoms with Crippen molar-refractivity contribution in [3.8, 4) is 5.75 Å². The van der Waals surface area contributed by atoms with Gasteiger partial charge in [0.25, 0.3) is 0 Å². The Morgan fingerprint density at radius 2 is 2.21 bits per heavy atom. The molecule has 2 fully saturated rings. The molecule has 2 aliphatic rings. The SMILES string of the molecule is COc1ccc(Cl)cc1N1CC(C(=O)NC2CC(C)NN2)CC1=O. The topological polar surface area (TPSA) is 82.7 Å². The Morgan fingerprint density at radius 3 is 2.88 bits per heavy atom. The monoisotopic (exact) mass is 352 g/mol. The number of hydrogen-bond acceptors (Lipinski definition) is 5. The van der Waals surface area contributed by atoms with E-state index in [2.05, 4.69) is 16.2 Å². The number of nitrogens with zero attached hydrogens (tertiary/aromatic N) is 1. The number of amides is 2. The van der Waals surface area contributed by atoms with Gasteiger partial charge in [0.2, 0.25) is 11.8 Å². The Kier molecular flexibility index (Phi) is 4.93. The second kappa shape index (κ2) is 6.96. The summed E-state index contributed by atoms with van der Waals surface area (Å²) in [5.74, 6) is -0.0648. The number of benzene rings is 1. The Morgan fingerprint density at radius 1 is 1.42 bits per heavy atom. The zero-order valence-electron chi connectivity index (χ0n) is 13.6. The number of hydrazine groups is 1. The highest BCUT2D eigenvalue weighted by atomic mass is 35.5. The van der Waals surface area contributed by atoms with Crippen LogP contribution in [0, 0.1) is 5.92 Å². The third-order valence-corrected chi connectivity index (χ3v) is 4.57. The molecule has 130 valence electrons. The number of anilines is 1. The fourth-order valence-corrected chi connectivity index (χ4v) is 3.26. The van der Waals surface area contributed by atoms with E-state index in [-0.39, 0.29) is 30.3 Å². The van der Waals surface area contributed by atoms with Gasteiger partial charge in [-0.05, 0) is 31.5 Å². The number of nitrogens with one attached hydrogen (secondary N) is 3. The molecule has 3 unspecified atom stereocenters. The second-order valence-electron chi connectivity index (χ2n) is 6.21. The summed E-state index contributed by atoms with van der Waals surface area (Å²) in [4.78, 5) is 26.4. The van der Waals surface area contributed by atoms with Crippen molar-refractivity contribution in [1.82, 2.24) is 16.2 Å². The molecule has 1 aromatic rings. The number of rotatable bonds is 4. The van der Waals surface area contributed by atoms with Crippen molar-refractivity contribution in [1.29, 1.82) is 0 Å². The molecular formula is C16H21ClN4O3. The Balaban J connectivity index is 1.69. The molecule has 0 saturated carbocycles. The largest absolute Gasteiger partial charge is 0.495 e. The van der Waals surface area contributed by atoms with Crippen LogP contribution in [0.1, 0.15) is 19.8 Å². The minimum Gasteiger partial charge on any atom is -0.495 e. The molecule has 3 N–H and O–H groups in total. The lowest BCUT2D eigenvalue weighted by Gasteiger charge is -2.20. The van der Waals surface area contributed by atoms with E-state index >= 15 is 0 Å². The molecule has 2 heterocycles. The van der Waals surface area contributed by atoms with Crippen molar-refractivity contribution in [3.63, 3.8) is 0 Å². The second-order valence-corrected chi connectivity index (χ2v) is 6.64. The smallest absolute Gasteiger partial charge is 0.227 e. The van der Waals surface area contributed by atoms with E-state index in [9.17, 15) is 9.59 Å². The molecule has 0 aromatic heterocycles. The van der Waals surface area contributed by atoms with Gasteiger partial charge in [-0.2, -0.15) is 0 Å². The predicted molar refractivity (Wildman–Crippen MR) is 90.7 cm³/mol. The average molecular weight is 353 g/mol. The van der Waals surface area contributed by atoms with Crippen LogP contribution in [0.15, 0.2) is 18.2 Å². The highest BCUT2D eigenvalue weighted by Crippen LogP contribution is 2.35. The Hall–Kier alpha value is -1.83. The van der Waals surface area contributed by atoms with Gasteiger partial charge in [0.1, 0.15) is 5.75 Å². The maximum atomic E-state index is 12.4. The molecule has 3 rings (SSSR count). The maximum absolute atomic E-state index is 12.4. The Labute approximate surface area is 145 Å². The van der Waals surface area contributed by atoms with Crippen LogP contribution in [-0.4, -0.2) is 37.7 Å². The molecule has 0 aliphatic carbocycles. The van der Waals surface area contributed by atoms with Gasteiger partial charge in [-0.3, -0.25) is 15.0 Å². The zero-order valence-corrected chi connectivity index (χ0v) is 14.4. The van der Waals surface area contributed by atoms with Crippen molar-refractivity contribution < 1.29 is 14.3 Å². The van der Waals surface area contributed by atoms with Crippen molar-refractivity contribution >= 4 is 29.1 Å². The lowest BCUT2D eigenvalue weighted by atomic mass is 10.1. The molecular weight excluding hydrogens is 332 g/mol. The number of methoxy groups -OCH3 is 1. The standard InChI is InChI=1S/C16H21ClN4O3/c1-9-5-14(20-19-9)18-16(23)10-6-15(22)21(8-10)12-7-11(17)3-4-13(12)24-2/h3-4,7,9-10,14,19-20H,5-6,8H2,1-2H3,(H,18,23). The van der Waals surface area contributed by atoms with Crippen LogP contribution in [0.5, 0.6) is 5.75 Å². The molecule has 2 saturated heterocycles. The maximum Gasteiger partial charge on any atom is 0.227 e. The fourth-order valence-electron chi connectivity index (χ4n) is 3.09. The van der Waals surface area contributed by atoms with Crippen LogP contribution in [0.2, 0.25) is 5.02 Å². The highest BCUT2D eigenvalue weighted by molar-refractivity contribution is 6.31. The zero-order chi connectivity index (χ0) is 17.3. The number of ether oxygens (including phenoxy) is 1. The van der Waals surface area contributed by atoms with Crippen LogP contribution >= 0.6 is 11.6 Å². The van der Waals surface area contributed by atoms with Crippen LogP contribution in [-0.2, 0) is 9.59 Å². The van der Waals surface area contributed by atoms with Crippen LogP contribution in [0.3, 0.4) is 0 Å². The molecule has 24 heavy (non-hydrogen) atoms. The van der Waals surface area contributed by atoms with E-state index in [1.54, 1.807) is 23.1 Å². The number of hydrogen-bond donors (Lipinski definition) is 3. The van der Waals surface area contributed by atoms with Gasteiger partial charge < -0.3 is 15.0 Å². The summed E-state index contributed by atoms with van der Waals surface area (Å²) in [6.45, 7) is 2.35. The average Bonchev–Trinajstić information content (AvgIpc) is 3.13. The quantitative estimate of drug-likeness (QED) is 0.754. The van der Waals surface area contributed by atoms with E-state index in [0.717, 1.165) is 6.42 Å².